The summed E-state index contributed by atoms with van der Waals surface area (Å²) in [6, 6.07) is 0. The van der Waals surface area contributed by atoms with Gasteiger partial charge in [0.05, 0.1) is 0 Å². The van der Waals surface area contributed by atoms with E-state index in [4.69, 9.17) is 14.2 Å². The van der Waals surface area contributed by atoms with E-state index >= 15 is 0 Å². The molecule has 0 saturated carbocycles. The summed E-state index contributed by atoms with van der Waals surface area (Å²) in [7, 11) is 0. The van der Waals surface area contributed by atoms with Crippen LogP contribution in [0.4, 0.5) is 0 Å². The second-order valence-electron chi connectivity index (χ2n) is 20.2. The van der Waals surface area contributed by atoms with Gasteiger partial charge in [-0.3, -0.25) is 14.4 Å². The topological polar surface area (TPSA) is 78.9 Å². The average Bonchev–Trinajstić information content (AvgIpc) is 3.26. The van der Waals surface area contributed by atoms with Gasteiger partial charge in [-0.2, -0.15) is 0 Å². The van der Waals surface area contributed by atoms with Crippen LogP contribution in [0.3, 0.4) is 0 Å². The molecular weight excluding hydrogens is 769 g/mol. The van der Waals surface area contributed by atoms with Gasteiger partial charge in [0, 0.05) is 19.3 Å². The maximum absolute atomic E-state index is 12.8. The lowest BCUT2D eigenvalue weighted by molar-refractivity contribution is -0.167. The number of carbonyl (C=O) groups excluding carboxylic acids is 3. The number of esters is 3. The monoisotopic (exact) mass is 877 g/mol. The van der Waals surface area contributed by atoms with Gasteiger partial charge in [-0.1, -0.05) is 266 Å². The number of rotatable bonds is 49. The quantitative estimate of drug-likeness (QED) is 0.0344. The SMILES string of the molecule is CCC(C)CCCCCCCCCCCCCCCCC(=O)O[C@H](COC(=O)CCCCCCCCCCCCCCCC(C)C)COC(=O)CCCCCCCCC(C)CC. The number of hydrogen-bond acceptors (Lipinski definition) is 6. The van der Waals surface area contributed by atoms with Gasteiger partial charge in [0.25, 0.3) is 0 Å². The molecular formula is C56H108O6. The van der Waals surface area contributed by atoms with Crippen molar-refractivity contribution in [1.29, 1.82) is 0 Å². The maximum Gasteiger partial charge on any atom is 0.306 e. The van der Waals surface area contributed by atoms with Crippen LogP contribution in [0, 0.1) is 17.8 Å². The van der Waals surface area contributed by atoms with Crippen LogP contribution in [0.1, 0.15) is 305 Å². The van der Waals surface area contributed by atoms with E-state index in [9.17, 15) is 14.4 Å². The lowest BCUT2D eigenvalue weighted by Gasteiger charge is -2.18. The second kappa shape index (κ2) is 47.4. The van der Waals surface area contributed by atoms with Gasteiger partial charge in [-0.15, -0.1) is 0 Å². The predicted molar refractivity (Wildman–Crippen MR) is 266 cm³/mol. The van der Waals surface area contributed by atoms with Gasteiger partial charge in [-0.25, -0.2) is 0 Å². The molecule has 0 bridgehead atoms. The van der Waals surface area contributed by atoms with E-state index in [1.807, 2.05) is 0 Å². The number of carbonyl (C=O) groups is 3. The summed E-state index contributed by atoms with van der Waals surface area (Å²) >= 11 is 0. The molecule has 0 N–H and O–H groups in total. The number of ether oxygens (including phenoxy) is 3. The fourth-order valence-corrected chi connectivity index (χ4v) is 8.40. The van der Waals surface area contributed by atoms with Crippen molar-refractivity contribution in [2.24, 2.45) is 17.8 Å². The van der Waals surface area contributed by atoms with E-state index in [1.165, 1.54) is 186 Å². The Labute approximate surface area is 387 Å². The van der Waals surface area contributed by atoms with Crippen molar-refractivity contribution in [3.63, 3.8) is 0 Å². The highest BCUT2D eigenvalue weighted by atomic mass is 16.6. The smallest absolute Gasteiger partial charge is 0.306 e. The van der Waals surface area contributed by atoms with Crippen LogP contribution in [0.5, 0.6) is 0 Å². The Morgan fingerprint density at radius 2 is 0.565 bits per heavy atom. The molecule has 62 heavy (non-hydrogen) atoms. The molecule has 0 heterocycles. The molecule has 0 spiro atoms. The summed E-state index contributed by atoms with van der Waals surface area (Å²) in [6.07, 6.45) is 48.0. The molecule has 0 rings (SSSR count). The molecule has 0 radical (unpaired) electrons. The van der Waals surface area contributed by atoms with Crippen molar-refractivity contribution >= 4 is 17.9 Å². The van der Waals surface area contributed by atoms with Crippen LogP contribution in [-0.2, 0) is 28.6 Å². The van der Waals surface area contributed by atoms with Gasteiger partial charge in [-0.05, 0) is 37.0 Å². The summed E-state index contributed by atoms with van der Waals surface area (Å²) in [5.74, 6) is 1.70. The fourth-order valence-electron chi connectivity index (χ4n) is 8.40. The van der Waals surface area contributed by atoms with Crippen LogP contribution < -0.4 is 0 Å². The van der Waals surface area contributed by atoms with Crippen molar-refractivity contribution in [2.75, 3.05) is 13.2 Å². The average molecular weight is 877 g/mol. The number of hydrogen-bond donors (Lipinski definition) is 0. The molecule has 0 amide bonds. The third kappa shape index (κ3) is 46.4. The van der Waals surface area contributed by atoms with Gasteiger partial charge in [0.15, 0.2) is 6.10 Å². The van der Waals surface area contributed by atoms with Gasteiger partial charge < -0.3 is 14.2 Å². The van der Waals surface area contributed by atoms with E-state index in [1.54, 1.807) is 0 Å². The van der Waals surface area contributed by atoms with Gasteiger partial charge >= 0.3 is 17.9 Å². The molecule has 0 saturated heterocycles. The highest BCUT2D eigenvalue weighted by molar-refractivity contribution is 5.71. The Balaban J connectivity index is 4.28. The van der Waals surface area contributed by atoms with Crippen molar-refractivity contribution in [3.8, 4) is 0 Å². The van der Waals surface area contributed by atoms with Crippen LogP contribution in [0.2, 0.25) is 0 Å². The van der Waals surface area contributed by atoms with E-state index in [0.29, 0.717) is 19.3 Å². The first-order valence-electron chi connectivity index (χ1n) is 27.7. The summed E-state index contributed by atoms with van der Waals surface area (Å²) in [6.45, 7) is 13.8. The molecule has 6 heteroatoms. The standard InChI is InChI=1S/C56H108O6/c1-7-51(5)43-37-31-25-21-17-13-9-10-14-19-23-27-35-41-47-56(59)62-53(49-61-55(58)46-40-34-29-28-32-38-44-52(6)8-2)48-60-54(57)45-39-33-26-22-18-15-11-12-16-20-24-30-36-42-50(3)4/h50-53H,7-49H2,1-6H3/t51?,52?,53-/m1/s1. The lowest BCUT2D eigenvalue weighted by atomic mass is 9.99. The Hall–Kier alpha value is -1.59. The lowest BCUT2D eigenvalue weighted by Crippen LogP contribution is -2.30. The zero-order valence-corrected chi connectivity index (χ0v) is 42.7. The van der Waals surface area contributed by atoms with Crippen LogP contribution >= 0.6 is 0 Å². The maximum atomic E-state index is 12.8. The van der Waals surface area contributed by atoms with E-state index in [-0.39, 0.29) is 31.1 Å². The van der Waals surface area contributed by atoms with Crippen LogP contribution in [0.15, 0.2) is 0 Å². The third-order valence-electron chi connectivity index (χ3n) is 13.4. The molecule has 3 atom stereocenters. The minimum Gasteiger partial charge on any atom is -0.462 e. The molecule has 6 nitrogen and oxygen atoms in total. The first-order valence-corrected chi connectivity index (χ1v) is 27.7. The molecule has 0 aromatic rings. The van der Waals surface area contributed by atoms with Gasteiger partial charge in [0.1, 0.15) is 13.2 Å². The Kier molecular flexibility index (Phi) is 46.2. The summed E-state index contributed by atoms with van der Waals surface area (Å²) in [5, 5.41) is 0. The zero-order chi connectivity index (χ0) is 45.6. The Morgan fingerprint density at radius 1 is 0.323 bits per heavy atom. The molecule has 0 aliphatic heterocycles. The van der Waals surface area contributed by atoms with Crippen molar-refractivity contribution in [2.45, 2.75) is 311 Å². The molecule has 368 valence electrons. The summed E-state index contributed by atoms with van der Waals surface area (Å²) in [4.78, 5) is 38.0. The highest BCUT2D eigenvalue weighted by Crippen LogP contribution is 2.19. The molecule has 0 aromatic heterocycles. The van der Waals surface area contributed by atoms with Crippen molar-refractivity contribution < 1.29 is 28.6 Å². The van der Waals surface area contributed by atoms with E-state index in [0.717, 1.165) is 75.5 Å². The normalized spacial score (nSPS) is 13.0. The Bertz CT molecular complexity index is 964. The van der Waals surface area contributed by atoms with Crippen molar-refractivity contribution in [3.05, 3.63) is 0 Å². The summed E-state index contributed by atoms with van der Waals surface area (Å²) < 4.78 is 16.8. The fraction of sp³-hybridized carbons (Fsp3) is 0.946. The molecule has 0 fully saturated rings. The molecule has 0 aliphatic rings. The van der Waals surface area contributed by atoms with Crippen LogP contribution in [0.25, 0.3) is 0 Å². The first-order chi connectivity index (χ1) is 30.2. The predicted octanol–water partition coefficient (Wildman–Crippen LogP) is 17.9. The van der Waals surface area contributed by atoms with E-state index in [2.05, 4.69) is 41.5 Å². The zero-order valence-electron chi connectivity index (χ0n) is 42.7. The molecule has 0 aliphatic carbocycles. The van der Waals surface area contributed by atoms with E-state index < -0.39 is 6.10 Å². The summed E-state index contributed by atoms with van der Waals surface area (Å²) in [5.41, 5.74) is 0. The minimum atomic E-state index is -0.764. The minimum absolute atomic E-state index is 0.0646. The highest BCUT2D eigenvalue weighted by Gasteiger charge is 2.19. The molecule has 2 unspecified atom stereocenters. The third-order valence-corrected chi connectivity index (χ3v) is 13.4. The second-order valence-corrected chi connectivity index (χ2v) is 20.2. The number of unbranched alkanes of at least 4 members (excludes halogenated alkanes) is 30. The Morgan fingerprint density at radius 3 is 0.839 bits per heavy atom. The van der Waals surface area contributed by atoms with Crippen molar-refractivity contribution in [1.82, 2.24) is 0 Å². The first kappa shape index (κ1) is 60.4. The molecule has 0 aromatic carbocycles. The largest absolute Gasteiger partial charge is 0.462 e. The van der Waals surface area contributed by atoms with Crippen LogP contribution in [-0.4, -0.2) is 37.2 Å². The van der Waals surface area contributed by atoms with Gasteiger partial charge in [0.2, 0.25) is 0 Å².